The molecule has 20 heavy (non-hydrogen) atoms. The van der Waals surface area contributed by atoms with Crippen LogP contribution >= 0.6 is 0 Å². The second kappa shape index (κ2) is 4.81. The SMILES string of the molecule is Cn1cnc(S(=O)(=O)Nc2c(O)cccc2[N+](=O)[O-])c1. The number of aryl methyl sites for hydroxylation is 1. The van der Waals surface area contributed by atoms with Gasteiger partial charge in [-0.15, -0.1) is 0 Å². The molecule has 106 valence electrons. The number of benzene rings is 1. The normalized spacial score (nSPS) is 11.2. The Kier molecular flexibility index (Phi) is 3.32. The highest BCUT2D eigenvalue weighted by atomic mass is 32.2. The summed E-state index contributed by atoms with van der Waals surface area (Å²) in [7, 11) is -2.54. The maximum absolute atomic E-state index is 12.0. The molecule has 10 heteroatoms. The first-order valence-electron chi connectivity index (χ1n) is 5.28. The number of hydrogen-bond acceptors (Lipinski definition) is 6. The van der Waals surface area contributed by atoms with Gasteiger partial charge in [-0.2, -0.15) is 8.42 Å². The Morgan fingerprint density at radius 3 is 2.70 bits per heavy atom. The van der Waals surface area contributed by atoms with Crippen molar-refractivity contribution in [1.82, 2.24) is 9.55 Å². The van der Waals surface area contributed by atoms with Crippen molar-refractivity contribution in [1.29, 1.82) is 0 Å². The van der Waals surface area contributed by atoms with Crippen LogP contribution in [0, 0.1) is 10.1 Å². The molecule has 9 nitrogen and oxygen atoms in total. The molecule has 1 heterocycles. The topological polar surface area (TPSA) is 127 Å². The molecule has 0 aliphatic rings. The number of nitrogens with zero attached hydrogens (tertiary/aromatic N) is 3. The number of nitrogens with one attached hydrogen (secondary N) is 1. The average molecular weight is 298 g/mol. The number of nitro benzene ring substituents is 1. The Balaban J connectivity index is 2.47. The molecule has 1 aromatic heterocycles. The third-order valence-corrected chi connectivity index (χ3v) is 3.64. The lowest BCUT2D eigenvalue weighted by Crippen LogP contribution is -2.14. The summed E-state index contributed by atoms with van der Waals surface area (Å²) in [5.41, 5.74) is -1.05. The quantitative estimate of drug-likeness (QED) is 0.489. The number of anilines is 1. The van der Waals surface area contributed by atoms with Crippen molar-refractivity contribution in [3.8, 4) is 5.75 Å². The first kappa shape index (κ1) is 13.8. The highest BCUT2D eigenvalue weighted by Gasteiger charge is 2.25. The van der Waals surface area contributed by atoms with Gasteiger partial charge < -0.3 is 9.67 Å². The average Bonchev–Trinajstić information content (AvgIpc) is 2.79. The van der Waals surface area contributed by atoms with Crippen molar-refractivity contribution in [2.75, 3.05) is 4.72 Å². The molecule has 2 aromatic rings. The Hall–Kier alpha value is -2.62. The van der Waals surface area contributed by atoms with E-state index in [4.69, 9.17) is 0 Å². The van der Waals surface area contributed by atoms with Crippen LogP contribution in [0.4, 0.5) is 11.4 Å². The number of para-hydroxylation sites is 1. The van der Waals surface area contributed by atoms with E-state index in [-0.39, 0.29) is 5.03 Å². The minimum atomic E-state index is -4.12. The fourth-order valence-corrected chi connectivity index (χ4v) is 2.57. The summed E-state index contributed by atoms with van der Waals surface area (Å²) in [6.07, 6.45) is 2.50. The molecule has 0 spiro atoms. The summed E-state index contributed by atoms with van der Waals surface area (Å²) in [5, 5.41) is 20.1. The number of aromatic nitrogens is 2. The molecule has 0 atom stereocenters. The molecule has 1 aromatic carbocycles. The van der Waals surface area contributed by atoms with E-state index in [0.29, 0.717) is 0 Å². The maximum Gasteiger partial charge on any atom is 0.297 e. The number of hydrogen-bond donors (Lipinski definition) is 2. The fourth-order valence-electron chi connectivity index (χ4n) is 1.50. The van der Waals surface area contributed by atoms with Gasteiger partial charge in [0.2, 0.25) is 0 Å². The number of imidazole rings is 1. The summed E-state index contributed by atoms with van der Waals surface area (Å²) in [4.78, 5) is 13.7. The van der Waals surface area contributed by atoms with Gasteiger partial charge in [0.05, 0.1) is 11.3 Å². The third kappa shape index (κ3) is 2.54. The van der Waals surface area contributed by atoms with Crippen molar-refractivity contribution >= 4 is 21.4 Å². The zero-order valence-corrected chi connectivity index (χ0v) is 11.0. The fraction of sp³-hybridized carbons (Fsp3) is 0.100. The van der Waals surface area contributed by atoms with Crippen molar-refractivity contribution in [2.45, 2.75) is 5.03 Å². The van der Waals surface area contributed by atoms with Gasteiger partial charge in [0.1, 0.15) is 5.75 Å². The van der Waals surface area contributed by atoms with Gasteiger partial charge in [-0.05, 0) is 6.07 Å². The van der Waals surface area contributed by atoms with Crippen LogP contribution in [0.1, 0.15) is 0 Å². The zero-order valence-electron chi connectivity index (χ0n) is 10.2. The van der Waals surface area contributed by atoms with Crippen molar-refractivity contribution < 1.29 is 18.4 Å². The van der Waals surface area contributed by atoms with E-state index < -0.39 is 32.1 Å². The number of phenols is 1. The van der Waals surface area contributed by atoms with Gasteiger partial charge in [0.15, 0.2) is 10.7 Å². The van der Waals surface area contributed by atoms with Crippen LogP contribution < -0.4 is 4.72 Å². The lowest BCUT2D eigenvalue weighted by molar-refractivity contribution is -0.383. The summed E-state index contributed by atoms with van der Waals surface area (Å²) in [5.74, 6) is -0.543. The minimum Gasteiger partial charge on any atom is -0.505 e. The highest BCUT2D eigenvalue weighted by Crippen LogP contribution is 2.34. The third-order valence-electron chi connectivity index (χ3n) is 2.41. The first-order chi connectivity index (χ1) is 9.31. The standard InChI is InChI=1S/C10H10N4O5S/c1-13-5-9(11-6-13)20(18,19)12-10-7(14(16)17)3-2-4-8(10)15/h2-6,12,15H,1H3. The predicted octanol–water partition coefficient (Wildman–Crippen LogP) is 0.835. The molecule has 0 unspecified atom stereocenters. The molecule has 0 aliphatic carbocycles. The van der Waals surface area contributed by atoms with Crippen LogP contribution in [-0.2, 0) is 17.1 Å². The number of rotatable bonds is 4. The van der Waals surface area contributed by atoms with E-state index in [1.165, 1.54) is 23.2 Å². The molecular formula is C10H10N4O5S. The molecule has 0 radical (unpaired) electrons. The van der Waals surface area contributed by atoms with Gasteiger partial charge in [-0.25, -0.2) is 4.98 Å². The number of aromatic hydroxyl groups is 1. The van der Waals surface area contributed by atoms with E-state index >= 15 is 0 Å². The lowest BCUT2D eigenvalue weighted by Gasteiger charge is -2.08. The van der Waals surface area contributed by atoms with Gasteiger partial charge in [-0.3, -0.25) is 14.8 Å². The van der Waals surface area contributed by atoms with Crippen LogP contribution in [0.25, 0.3) is 0 Å². The van der Waals surface area contributed by atoms with Crippen molar-refractivity contribution in [3.63, 3.8) is 0 Å². The van der Waals surface area contributed by atoms with E-state index in [2.05, 4.69) is 4.98 Å². The van der Waals surface area contributed by atoms with Gasteiger partial charge in [0.25, 0.3) is 15.7 Å². The minimum absolute atomic E-state index is 0.308. The predicted molar refractivity (Wildman–Crippen MR) is 68.8 cm³/mol. The molecule has 0 saturated heterocycles. The summed E-state index contributed by atoms with van der Waals surface area (Å²) in [6, 6.07) is 3.46. The van der Waals surface area contributed by atoms with E-state index in [1.807, 2.05) is 4.72 Å². The molecule has 0 amide bonds. The Bertz CT molecular complexity index is 768. The highest BCUT2D eigenvalue weighted by molar-refractivity contribution is 7.92. The van der Waals surface area contributed by atoms with Crippen LogP contribution in [0.2, 0.25) is 0 Å². The van der Waals surface area contributed by atoms with Crippen molar-refractivity contribution in [3.05, 3.63) is 40.8 Å². The van der Waals surface area contributed by atoms with Crippen molar-refractivity contribution in [2.24, 2.45) is 7.05 Å². The van der Waals surface area contributed by atoms with Gasteiger partial charge in [-0.1, -0.05) is 6.07 Å². The molecular weight excluding hydrogens is 288 g/mol. The van der Waals surface area contributed by atoms with Gasteiger partial charge in [0, 0.05) is 19.3 Å². The Morgan fingerprint density at radius 1 is 1.45 bits per heavy atom. The second-order valence-corrected chi connectivity index (χ2v) is 5.54. The monoisotopic (exact) mass is 298 g/mol. The summed E-state index contributed by atoms with van der Waals surface area (Å²) >= 11 is 0. The lowest BCUT2D eigenvalue weighted by atomic mass is 10.2. The Morgan fingerprint density at radius 2 is 2.15 bits per heavy atom. The molecule has 2 N–H and O–H groups in total. The van der Waals surface area contributed by atoms with E-state index in [9.17, 15) is 23.6 Å². The second-order valence-electron chi connectivity index (χ2n) is 3.91. The van der Waals surface area contributed by atoms with Crippen LogP contribution in [0.3, 0.4) is 0 Å². The molecule has 0 fully saturated rings. The maximum atomic E-state index is 12.0. The number of nitro groups is 1. The smallest absolute Gasteiger partial charge is 0.297 e. The molecule has 0 saturated carbocycles. The molecule has 2 rings (SSSR count). The zero-order chi connectivity index (χ0) is 14.9. The van der Waals surface area contributed by atoms with Gasteiger partial charge >= 0.3 is 0 Å². The molecule has 0 aliphatic heterocycles. The largest absolute Gasteiger partial charge is 0.505 e. The Labute approximate surface area is 113 Å². The number of sulfonamides is 1. The number of phenolic OH excluding ortho intramolecular Hbond substituents is 1. The van der Waals surface area contributed by atoms with Crippen LogP contribution in [0.5, 0.6) is 5.75 Å². The summed E-state index contributed by atoms with van der Waals surface area (Å²) < 4.78 is 27.4. The summed E-state index contributed by atoms with van der Waals surface area (Å²) in [6.45, 7) is 0. The van der Waals surface area contributed by atoms with Crippen LogP contribution in [0.15, 0.2) is 35.7 Å². The van der Waals surface area contributed by atoms with E-state index in [0.717, 1.165) is 12.1 Å². The first-order valence-corrected chi connectivity index (χ1v) is 6.77. The molecule has 0 bridgehead atoms. The van der Waals surface area contributed by atoms with Crippen LogP contribution in [-0.4, -0.2) is 28.0 Å². The van der Waals surface area contributed by atoms with E-state index in [1.54, 1.807) is 7.05 Å².